The average molecular weight is 275 g/mol. The minimum absolute atomic E-state index is 0.170. The number of benzene rings is 1. The Kier molecular flexibility index (Phi) is 4.87. The number of hydrogen-bond donors (Lipinski definition) is 2. The molecule has 0 spiro atoms. The highest BCUT2D eigenvalue weighted by atomic mass is 16.3. The first kappa shape index (κ1) is 15.5. The fourth-order valence-electron chi connectivity index (χ4n) is 3.01. The van der Waals surface area contributed by atoms with Crippen LogP contribution in [0.4, 0.5) is 0 Å². The maximum Gasteiger partial charge on any atom is 0.0804 e. The number of aliphatic hydroxyl groups is 1. The van der Waals surface area contributed by atoms with Crippen molar-refractivity contribution in [2.24, 2.45) is 5.92 Å². The monoisotopic (exact) mass is 275 g/mol. The maximum absolute atomic E-state index is 10.4. The van der Waals surface area contributed by atoms with Crippen LogP contribution in [-0.2, 0) is 5.41 Å². The molecule has 1 aliphatic rings. The van der Waals surface area contributed by atoms with Crippen molar-refractivity contribution in [2.75, 3.05) is 6.54 Å². The van der Waals surface area contributed by atoms with Gasteiger partial charge in [0.25, 0.3) is 0 Å². The van der Waals surface area contributed by atoms with E-state index in [1.165, 1.54) is 18.4 Å². The highest BCUT2D eigenvalue weighted by Gasteiger charge is 2.22. The van der Waals surface area contributed by atoms with Gasteiger partial charge in [-0.15, -0.1) is 0 Å². The van der Waals surface area contributed by atoms with Crippen LogP contribution >= 0.6 is 0 Å². The summed E-state index contributed by atoms with van der Waals surface area (Å²) in [6.45, 7) is 10.0. The molecule has 0 bridgehead atoms. The van der Waals surface area contributed by atoms with E-state index in [0.29, 0.717) is 6.04 Å². The van der Waals surface area contributed by atoms with E-state index >= 15 is 0 Å². The van der Waals surface area contributed by atoms with Crippen LogP contribution in [0, 0.1) is 5.92 Å². The van der Waals surface area contributed by atoms with E-state index in [1.807, 2.05) is 0 Å². The molecule has 0 saturated carbocycles. The van der Waals surface area contributed by atoms with Crippen molar-refractivity contribution in [1.82, 2.24) is 5.32 Å². The Bertz CT molecular complexity index is 418. The molecule has 112 valence electrons. The third kappa shape index (κ3) is 4.07. The number of aliphatic hydroxyl groups excluding tert-OH is 1. The molecule has 20 heavy (non-hydrogen) atoms. The van der Waals surface area contributed by atoms with Gasteiger partial charge in [0.05, 0.1) is 6.10 Å². The molecule has 0 aromatic heterocycles. The van der Waals surface area contributed by atoms with Crippen molar-refractivity contribution < 1.29 is 5.11 Å². The van der Waals surface area contributed by atoms with Crippen LogP contribution in [-0.4, -0.2) is 17.7 Å². The summed E-state index contributed by atoms with van der Waals surface area (Å²) in [5.41, 5.74) is 2.53. The fraction of sp³-hybridized carbons (Fsp3) is 0.667. The third-order valence-corrected chi connectivity index (χ3v) is 4.43. The molecule has 2 rings (SSSR count). The lowest BCUT2D eigenvalue weighted by Crippen LogP contribution is -2.38. The summed E-state index contributed by atoms with van der Waals surface area (Å²) in [6.07, 6.45) is 2.90. The van der Waals surface area contributed by atoms with Crippen LogP contribution in [0.2, 0.25) is 0 Å². The van der Waals surface area contributed by atoms with Gasteiger partial charge in [-0.05, 0) is 48.3 Å². The lowest BCUT2D eigenvalue weighted by atomic mass is 9.85. The van der Waals surface area contributed by atoms with Crippen LogP contribution in [0.25, 0.3) is 0 Å². The summed E-state index contributed by atoms with van der Waals surface area (Å²) in [5, 5.41) is 13.9. The largest absolute Gasteiger partial charge is 0.388 e. The topological polar surface area (TPSA) is 32.3 Å². The van der Waals surface area contributed by atoms with E-state index in [2.05, 4.69) is 57.3 Å². The Hall–Kier alpha value is -0.860. The van der Waals surface area contributed by atoms with Crippen molar-refractivity contribution >= 4 is 0 Å². The molecule has 1 heterocycles. The Balaban J connectivity index is 1.97. The first-order valence-electron chi connectivity index (χ1n) is 7.88. The molecule has 2 N–H and O–H groups in total. The highest BCUT2D eigenvalue weighted by Crippen LogP contribution is 2.27. The molecule has 1 aromatic rings. The molecule has 1 saturated heterocycles. The van der Waals surface area contributed by atoms with Gasteiger partial charge in [0.15, 0.2) is 0 Å². The maximum atomic E-state index is 10.4. The molecule has 3 atom stereocenters. The lowest BCUT2D eigenvalue weighted by molar-refractivity contribution is 0.138. The number of hydrogen-bond acceptors (Lipinski definition) is 2. The summed E-state index contributed by atoms with van der Waals surface area (Å²) in [6, 6.07) is 8.91. The average Bonchev–Trinajstić information content (AvgIpc) is 2.38. The highest BCUT2D eigenvalue weighted by molar-refractivity contribution is 5.28. The van der Waals surface area contributed by atoms with E-state index in [4.69, 9.17) is 0 Å². The van der Waals surface area contributed by atoms with Crippen molar-refractivity contribution in [1.29, 1.82) is 0 Å². The summed E-state index contributed by atoms with van der Waals surface area (Å²) in [4.78, 5) is 0. The zero-order chi connectivity index (χ0) is 14.8. The van der Waals surface area contributed by atoms with Crippen molar-refractivity contribution in [3.05, 3.63) is 35.4 Å². The molecule has 1 aliphatic heterocycles. The predicted octanol–water partition coefficient (Wildman–Crippen LogP) is 3.80. The number of piperidine rings is 1. The van der Waals surface area contributed by atoms with E-state index in [-0.39, 0.29) is 11.5 Å². The van der Waals surface area contributed by atoms with Crippen LogP contribution in [0.15, 0.2) is 24.3 Å². The van der Waals surface area contributed by atoms with Gasteiger partial charge < -0.3 is 10.4 Å². The summed E-state index contributed by atoms with van der Waals surface area (Å²) < 4.78 is 0. The SMILES string of the molecule is CC1CCNC(CC(O)c2ccc(C(C)(C)C)cc2)C1. The first-order valence-corrected chi connectivity index (χ1v) is 7.88. The van der Waals surface area contributed by atoms with E-state index in [9.17, 15) is 5.11 Å². The number of rotatable bonds is 3. The predicted molar refractivity (Wildman–Crippen MR) is 84.9 cm³/mol. The molecule has 1 aromatic carbocycles. The van der Waals surface area contributed by atoms with Gasteiger partial charge in [-0.25, -0.2) is 0 Å². The van der Waals surface area contributed by atoms with Crippen LogP contribution < -0.4 is 5.32 Å². The van der Waals surface area contributed by atoms with Crippen molar-refractivity contribution in [2.45, 2.75) is 64.5 Å². The van der Waals surface area contributed by atoms with Gasteiger partial charge in [-0.3, -0.25) is 0 Å². The molecule has 3 unspecified atom stereocenters. The van der Waals surface area contributed by atoms with Crippen LogP contribution in [0.1, 0.15) is 64.2 Å². The van der Waals surface area contributed by atoms with Gasteiger partial charge in [-0.2, -0.15) is 0 Å². The zero-order valence-corrected chi connectivity index (χ0v) is 13.3. The van der Waals surface area contributed by atoms with E-state index in [0.717, 1.165) is 24.4 Å². The minimum Gasteiger partial charge on any atom is -0.388 e. The Morgan fingerprint density at radius 3 is 2.45 bits per heavy atom. The molecule has 0 radical (unpaired) electrons. The Morgan fingerprint density at radius 1 is 1.25 bits per heavy atom. The molecular formula is C18H29NO. The molecule has 2 nitrogen and oxygen atoms in total. The Morgan fingerprint density at radius 2 is 1.90 bits per heavy atom. The van der Waals surface area contributed by atoms with Crippen LogP contribution in [0.3, 0.4) is 0 Å². The molecule has 2 heteroatoms. The summed E-state index contributed by atoms with van der Waals surface area (Å²) >= 11 is 0. The lowest BCUT2D eigenvalue weighted by Gasteiger charge is -2.30. The number of nitrogens with one attached hydrogen (secondary N) is 1. The first-order chi connectivity index (χ1) is 9.36. The smallest absolute Gasteiger partial charge is 0.0804 e. The third-order valence-electron chi connectivity index (χ3n) is 4.43. The summed E-state index contributed by atoms with van der Waals surface area (Å²) in [7, 11) is 0. The van der Waals surface area contributed by atoms with Crippen molar-refractivity contribution in [3.63, 3.8) is 0 Å². The van der Waals surface area contributed by atoms with Gasteiger partial charge in [-0.1, -0.05) is 52.0 Å². The standard InChI is InChI=1S/C18H29NO/c1-13-9-10-19-16(11-13)12-17(20)14-5-7-15(8-6-14)18(2,3)4/h5-8,13,16-17,19-20H,9-12H2,1-4H3. The Labute approximate surface area is 123 Å². The van der Waals surface area contributed by atoms with Crippen molar-refractivity contribution in [3.8, 4) is 0 Å². The van der Waals surface area contributed by atoms with Crippen LogP contribution in [0.5, 0.6) is 0 Å². The quantitative estimate of drug-likeness (QED) is 0.879. The second-order valence-corrected chi connectivity index (χ2v) is 7.40. The van der Waals surface area contributed by atoms with Gasteiger partial charge >= 0.3 is 0 Å². The minimum atomic E-state index is -0.355. The second kappa shape index (κ2) is 6.28. The van der Waals surface area contributed by atoms with E-state index in [1.54, 1.807) is 0 Å². The molecule has 0 aliphatic carbocycles. The van der Waals surface area contributed by atoms with Gasteiger partial charge in [0, 0.05) is 6.04 Å². The fourth-order valence-corrected chi connectivity index (χ4v) is 3.01. The normalized spacial score (nSPS) is 25.4. The molecule has 0 amide bonds. The van der Waals surface area contributed by atoms with Gasteiger partial charge in [0.2, 0.25) is 0 Å². The molecular weight excluding hydrogens is 246 g/mol. The second-order valence-electron chi connectivity index (χ2n) is 7.40. The van der Waals surface area contributed by atoms with Gasteiger partial charge in [0.1, 0.15) is 0 Å². The molecule has 1 fully saturated rings. The van der Waals surface area contributed by atoms with E-state index < -0.39 is 0 Å². The summed E-state index contributed by atoms with van der Waals surface area (Å²) in [5.74, 6) is 0.775. The zero-order valence-electron chi connectivity index (χ0n) is 13.3.